The summed E-state index contributed by atoms with van der Waals surface area (Å²) in [6, 6.07) is 6.36. The number of nitrogens with one attached hydrogen (secondary N) is 1. The molecule has 21 heavy (non-hydrogen) atoms. The van der Waals surface area contributed by atoms with Crippen LogP contribution in [0.4, 0.5) is 0 Å². The Morgan fingerprint density at radius 1 is 1.33 bits per heavy atom. The lowest BCUT2D eigenvalue weighted by Crippen LogP contribution is -2.38. The molecule has 0 fully saturated rings. The van der Waals surface area contributed by atoms with Crippen LogP contribution in [0.5, 0.6) is 5.75 Å². The average Bonchev–Trinajstić information content (AvgIpc) is 2.46. The summed E-state index contributed by atoms with van der Waals surface area (Å²) in [6.07, 6.45) is 0. The smallest absolute Gasteiger partial charge is 0.335 e. The minimum atomic E-state index is -0.980. The minimum Gasteiger partial charge on any atom is -0.492 e. The molecule has 0 aliphatic rings. The highest BCUT2D eigenvalue weighted by Gasteiger charge is 2.09. The number of amides is 1. The molecule has 1 aromatic carbocycles. The molecule has 0 heterocycles. The Morgan fingerprint density at radius 3 is 2.71 bits per heavy atom. The van der Waals surface area contributed by atoms with E-state index in [0.29, 0.717) is 32.0 Å². The molecule has 1 rings (SSSR count). The van der Waals surface area contributed by atoms with Crippen molar-refractivity contribution < 1.29 is 19.4 Å². The highest BCUT2D eigenvalue weighted by atomic mass is 16.5. The van der Waals surface area contributed by atoms with E-state index in [0.717, 1.165) is 6.54 Å². The Balaban J connectivity index is 2.42. The molecule has 0 spiro atoms. The number of carbonyl (C=O) groups is 2. The van der Waals surface area contributed by atoms with E-state index in [9.17, 15) is 9.59 Å². The van der Waals surface area contributed by atoms with Crippen molar-refractivity contribution in [1.29, 1.82) is 0 Å². The monoisotopic (exact) mass is 294 g/mol. The first-order valence-corrected chi connectivity index (χ1v) is 7.02. The average molecular weight is 294 g/mol. The summed E-state index contributed by atoms with van der Waals surface area (Å²) in [5, 5.41) is 11.7. The number of rotatable bonds is 9. The first-order chi connectivity index (χ1) is 10.1. The van der Waals surface area contributed by atoms with Crippen LogP contribution >= 0.6 is 0 Å². The van der Waals surface area contributed by atoms with E-state index < -0.39 is 5.97 Å². The van der Waals surface area contributed by atoms with Crippen LogP contribution in [0.2, 0.25) is 0 Å². The predicted octanol–water partition coefficient (Wildman–Crippen LogP) is 1.22. The summed E-state index contributed by atoms with van der Waals surface area (Å²) in [5.74, 6) is -0.469. The van der Waals surface area contributed by atoms with Crippen LogP contribution in [0.1, 0.15) is 24.2 Å². The molecular formula is C15H22N2O4. The third kappa shape index (κ3) is 6.27. The zero-order valence-electron chi connectivity index (χ0n) is 12.5. The first kappa shape index (κ1) is 17.0. The van der Waals surface area contributed by atoms with E-state index in [1.807, 2.05) is 18.7 Å². The predicted molar refractivity (Wildman–Crippen MR) is 79.7 cm³/mol. The molecule has 0 bridgehead atoms. The van der Waals surface area contributed by atoms with E-state index in [1.54, 1.807) is 12.1 Å². The van der Waals surface area contributed by atoms with Gasteiger partial charge in [0, 0.05) is 13.1 Å². The largest absolute Gasteiger partial charge is 0.492 e. The van der Waals surface area contributed by atoms with Crippen molar-refractivity contribution in [1.82, 2.24) is 10.2 Å². The number of benzene rings is 1. The van der Waals surface area contributed by atoms with E-state index in [2.05, 4.69) is 5.32 Å². The highest BCUT2D eigenvalue weighted by molar-refractivity contribution is 5.88. The molecule has 0 aliphatic heterocycles. The summed E-state index contributed by atoms with van der Waals surface area (Å²) >= 11 is 0. The number of nitrogens with zero attached hydrogens (tertiary/aromatic N) is 1. The van der Waals surface area contributed by atoms with Crippen molar-refractivity contribution in [3.05, 3.63) is 29.8 Å². The molecule has 6 heteroatoms. The van der Waals surface area contributed by atoms with Crippen LogP contribution in [-0.2, 0) is 4.79 Å². The van der Waals surface area contributed by atoms with Gasteiger partial charge >= 0.3 is 5.97 Å². The Morgan fingerprint density at radius 2 is 2.10 bits per heavy atom. The summed E-state index contributed by atoms with van der Waals surface area (Å²) in [4.78, 5) is 24.3. The fourth-order valence-corrected chi connectivity index (χ4v) is 1.82. The number of carbonyl (C=O) groups excluding carboxylic acids is 1. The third-order valence-electron chi connectivity index (χ3n) is 2.95. The SMILES string of the molecule is CCNC(=O)CN(CC)CCOc1cccc(C(=O)O)c1. The van der Waals surface area contributed by atoms with Crippen molar-refractivity contribution in [2.75, 3.05) is 32.8 Å². The molecule has 0 saturated heterocycles. The maximum absolute atomic E-state index is 11.5. The number of likely N-dealkylation sites (N-methyl/N-ethyl adjacent to an activating group) is 2. The van der Waals surface area contributed by atoms with Crippen molar-refractivity contribution in [3.63, 3.8) is 0 Å². The van der Waals surface area contributed by atoms with Gasteiger partial charge in [-0.1, -0.05) is 13.0 Å². The fraction of sp³-hybridized carbons (Fsp3) is 0.467. The van der Waals surface area contributed by atoms with Gasteiger partial charge in [-0.25, -0.2) is 4.79 Å². The highest BCUT2D eigenvalue weighted by Crippen LogP contribution is 2.13. The second-order valence-corrected chi connectivity index (χ2v) is 4.50. The number of ether oxygens (including phenoxy) is 1. The zero-order chi connectivity index (χ0) is 15.7. The lowest BCUT2D eigenvalue weighted by molar-refractivity contribution is -0.122. The van der Waals surface area contributed by atoms with Crippen molar-refractivity contribution >= 4 is 11.9 Å². The van der Waals surface area contributed by atoms with E-state index in [1.165, 1.54) is 12.1 Å². The van der Waals surface area contributed by atoms with Gasteiger partial charge in [0.15, 0.2) is 0 Å². The number of carboxylic acids is 1. The number of hydrogen-bond donors (Lipinski definition) is 2. The fourth-order valence-electron chi connectivity index (χ4n) is 1.82. The van der Waals surface area contributed by atoms with Gasteiger partial charge in [0.25, 0.3) is 0 Å². The summed E-state index contributed by atoms with van der Waals surface area (Å²) in [5.41, 5.74) is 0.196. The number of hydrogen-bond acceptors (Lipinski definition) is 4. The van der Waals surface area contributed by atoms with Crippen molar-refractivity contribution in [3.8, 4) is 5.75 Å². The third-order valence-corrected chi connectivity index (χ3v) is 2.95. The second kappa shape index (κ2) is 8.97. The van der Waals surface area contributed by atoms with Crippen LogP contribution in [0.25, 0.3) is 0 Å². The zero-order valence-corrected chi connectivity index (χ0v) is 12.5. The summed E-state index contributed by atoms with van der Waals surface area (Å²) in [6.45, 7) is 6.56. The van der Waals surface area contributed by atoms with Gasteiger partial charge in [0.2, 0.25) is 5.91 Å². The Hall–Kier alpha value is -2.08. The molecule has 116 valence electrons. The van der Waals surface area contributed by atoms with Gasteiger partial charge in [-0.3, -0.25) is 9.69 Å². The molecule has 0 aromatic heterocycles. The molecule has 0 saturated carbocycles. The Kier molecular flexibility index (Phi) is 7.25. The van der Waals surface area contributed by atoms with Gasteiger partial charge in [-0.2, -0.15) is 0 Å². The molecule has 0 radical (unpaired) electrons. The molecule has 2 N–H and O–H groups in total. The Labute approximate surface area is 124 Å². The minimum absolute atomic E-state index is 0.00720. The van der Waals surface area contributed by atoms with Gasteiger partial charge < -0.3 is 15.2 Å². The van der Waals surface area contributed by atoms with Gasteiger partial charge in [-0.05, 0) is 31.7 Å². The lowest BCUT2D eigenvalue weighted by atomic mass is 10.2. The van der Waals surface area contributed by atoms with Crippen LogP contribution in [-0.4, -0.2) is 54.7 Å². The molecule has 1 aromatic rings. The molecule has 0 atom stereocenters. The first-order valence-electron chi connectivity index (χ1n) is 7.02. The molecule has 6 nitrogen and oxygen atoms in total. The van der Waals surface area contributed by atoms with Crippen LogP contribution < -0.4 is 10.1 Å². The normalized spacial score (nSPS) is 10.4. The van der Waals surface area contributed by atoms with Crippen LogP contribution in [0, 0.1) is 0 Å². The second-order valence-electron chi connectivity index (χ2n) is 4.50. The van der Waals surface area contributed by atoms with E-state index in [4.69, 9.17) is 9.84 Å². The quantitative estimate of drug-likeness (QED) is 0.716. The molecule has 0 aliphatic carbocycles. The summed E-state index contributed by atoms with van der Waals surface area (Å²) < 4.78 is 5.53. The van der Waals surface area contributed by atoms with Crippen LogP contribution in [0.3, 0.4) is 0 Å². The van der Waals surface area contributed by atoms with Gasteiger partial charge in [0.05, 0.1) is 12.1 Å². The molecular weight excluding hydrogens is 272 g/mol. The number of carboxylic acid groups (broad SMARTS) is 1. The standard InChI is InChI=1S/C15H22N2O4/c1-3-16-14(18)11-17(4-2)8-9-21-13-7-5-6-12(10-13)15(19)20/h5-7,10H,3-4,8-9,11H2,1-2H3,(H,16,18)(H,19,20). The van der Waals surface area contributed by atoms with Crippen LogP contribution in [0.15, 0.2) is 24.3 Å². The lowest BCUT2D eigenvalue weighted by Gasteiger charge is -2.19. The number of aromatic carboxylic acids is 1. The van der Waals surface area contributed by atoms with Crippen molar-refractivity contribution in [2.24, 2.45) is 0 Å². The Bertz CT molecular complexity index is 476. The topological polar surface area (TPSA) is 78.9 Å². The van der Waals surface area contributed by atoms with Gasteiger partial charge in [-0.15, -0.1) is 0 Å². The van der Waals surface area contributed by atoms with Crippen molar-refractivity contribution in [2.45, 2.75) is 13.8 Å². The summed E-state index contributed by atoms with van der Waals surface area (Å²) in [7, 11) is 0. The molecule has 0 unspecified atom stereocenters. The molecule has 1 amide bonds. The maximum atomic E-state index is 11.5. The maximum Gasteiger partial charge on any atom is 0.335 e. The van der Waals surface area contributed by atoms with Gasteiger partial charge in [0.1, 0.15) is 12.4 Å². The van der Waals surface area contributed by atoms with E-state index in [-0.39, 0.29) is 11.5 Å². The van der Waals surface area contributed by atoms with E-state index >= 15 is 0 Å².